The van der Waals surface area contributed by atoms with Gasteiger partial charge in [0.2, 0.25) is 5.91 Å². The first-order chi connectivity index (χ1) is 18.5. The molecule has 4 atom stereocenters. The van der Waals surface area contributed by atoms with E-state index in [1.54, 1.807) is 12.4 Å². The number of carbonyl (C=O) groups is 1. The maximum Gasteiger partial charge on any atom is 0.224 e. The van der Waals surface area contributed by atoms with E-state index in [0.717, 1.165) is 70.7 Å². The molecule has 2 aliphatic heterocycles. The van der Waals surface area contributed by atoms with Crippen molar-refractivity contribution in [3.8, 4) is 0 Å². The van der Waals surface area contributed by atoms with Crippen LogP contribution >= 0.6 is 59.9 Å². The molecule has 9 heteroatoms. The van der Waals surface area contributed by atoms with Crippen LogP contribution in [0.3, 0.4) is 0 Å². The number of carbonyl (C=O) groups excluding carboxylic acids is 1. The summed E-state index contributed by atoms with van der Waals surface area (Å²) in [5.41, 5.74) is 2.10. The average Bonchev–Trinajstić information content (AvgIpc) is 2.94. The third-order valence-electron chi connectivity index (χ3n) is 7.58. The summed E-state index contributed by atoms with van der Waals surface area (Å²) < 4.78 is 9.83. The van der Waals surface area contributed by atoms with Crippen molar-refractivity contribution in [3.63, 3.8) is 0 Å². The van der Waals surface area contributed by atoms with E-state index < -0.39 is 20.7 Å². The van der Waals surface area contributed by atoms with E-state index in [1.807, 2.05) is 18.2 Å². The number of hydrogen-bond acceptors (Lipinski definition) is 4. The van der Waals surface area contributed by atoms with Crippen LogP contribution in [0.4, 0.5) is 0 Å². The Morgan fingerprint density at radius 2 is 1.95 bits per heavy atom. The molecule has 202 valence electrons. The highest BCUT2D eigenvalue weighted by Gasteiger charge is 2.38. The van der Waals surface area contributed by atoms with Crippen LogP contribution in [-0.4, -0.2) is 52.1 Å². The first-order valence-corrected chi connectivity index (χ1v) is 16.8. The van der Waals surface area contributed by atoms with Crippen LogP contribution in [0.15, 0.2) is 68.5 Å². The van der Waals surface area contributed by atoms with Crippen LogP contribution < -0.4 is 5.32 Å². The number of hydrogen-bond donors (Lipinski definition) is 1. The van der Waals surface area contributed by atoms with E-state index in [0.29, 0.717) is 10.9 Å². The Morgan fingerprint density at radius 3 is 2.66 bits per heavy atom. The van der Waals surface area contributed by atoms with Crippen LogP contribution in [0.2, 0.25) is 5.02 Å². The van der Waals surface area contributed by atoms with Gasteiger partial charge in [-0.05, 0) is 71.1 Å². The van der Waals surface area contributed by atoms with E-state index in [-0.39, 0.29) is 23.8 Å². The zero-order valence-electron chi connectivity index (χ0n) is 21.0. The predicted molar refractivity (Wildman–Crippen MR) is 167 cm³/mol. The second kappa shape index (κ2) is 13.5. The van der Waals surface area contributed by atoms with E-state index in [1.165, 1.54) is 5.56 Å². The lowest BCUT2D eigenvalue weighted by molar-refractivity contribution is -0.127. The van der Waals surface area contributed by atoms with Crippen molar-refractivity contribution in [1.29, 1.82) is 0 Å². The molecule has 1 N–H and O–H groups in total. The third-order valence-corrected chi connectivity index (χ3v) is 11.7. The molecule has 1 aliphatic carbocycles. The lowest BCUT2D eigenvalue weighted by Gasteiger charge is -2.39. The molecule has 0 spiro atoms. The Hall–Kier alpha value is -1.10. The number of morpholine rings is 1. The molecule has 1 amide bonds. The topological polar surface area (TPSA) is 54.5 Å². The Balaban J connectivity index is 1.39. The monoisotopic (exact) mass is 729 g/mol. The zero-order valence-corrected chi connectivity index (χ0v) is 26.2. The highest BCUT2D eigenvalue weighted by Crippen LogP contribution is 2.42. The molecule has 0 bridgehead atoms. The largest absolute Gasteiger partial charge is 0.379 e. The summed E-state index contributed by atoms with van der Waals surface area (Å²) in [5, 5.41) is 4.72. The van der Waals surface area contributed by atoms with Gasteiger partial charge in [0.15, 0.2) is 0 Å². The van der Waals surface area contributed by atoms with Gasteiger partial charge in [-0.15, -0.1) is 0 Å². The number of benzene rings is 1. The molecule has 0 radical (unpaired) electrons. The van der Waals surface area contributed by atoms with Crippen LogP contribution in [-0.2, 0) is 9.53 Å². The average molecular weight is 731 g/mol. The number of rotatable bonds is 7. The van der Waals surface area contributed by atoms with Crippen LogP contribution in [0, 0.1) is 11.8 Å². The number of ether oxygens (including phenoxy) is 1. The minimum Gasteiger partial charge on any atom is -0.379 e. The number of amides is 1. The van der Waals surface area contributed by atoms with Crippen molar-refractivity contribution in [1.82, 2.24) is 15.2 Å². The van der Waals surface area contributed by atoms with Gasteiger partial charge in [0.1, 0.15) is 0 Å². The summed E-state index contributed by atoms with van der Waals surface area (Å²) in [7, 11) is 0. The molecule has 1 aromatic heterocycles. The molecule has 2 unspecified atom stereocenters. The van der Waals surface area contributed by atoms with Crippen molar-refractivity contribution < 1.29 is 9.53 Å². The molecular weight excluding hydrogens is 700 g/mol. The van der Waals surface area contributed by atoms with Gasteiger partial charge in [-0.25, -0.2) is 0 Å². The van der Waals surface area contributed by atoms with Gasteiger partial charge in [0, 0.05) is 56.5 Å². The fourth-order valence-corrected chi connectivity index (χ4v) is 8.57. The van der Waals surface area contributed by atoms with Gasteiger partial charge in [0.05, 0.1) is 24.3 Å². The molecule has 3 heterocycles. The van der Waals surface area contributed by atoms with Gasteiger partial charge in [-0.2, -0.15) is 0 Å². The van der Waals surface area contributed by atoms with Gasteiger partial charge in [-0.1, -0.05) is 72.0 Å². The van der Waals surface area contributed by atoms with Crippen molar-refractivity contribution in [2.75, 3.05) is 32.8 Å². The first-order valence-electron chi connectivity index (χ1n) is 13.0. The molecule has 5 nitrogen and oxygen atoms in total. The second-order valence-electron chi connectivity index (χ2n) is 10.0. The van der Waals surface area contributed by atoms with Crippen molar-refractivity contribution in [2.24, 2.45) is 11.8 Å². The first kappa shape index (κ1) is 28.4. The number of aromatic nitrogens is 1. The molecular formula is C29H31BrCl2IN3O2. The maximum atomic E-state index is 14.1. The smallest absolute Gasteiger partial charge is 0.224 e. The Morgan fingerprint density at radius 1 is 1.16 bits per heavy atom. The number of halogens is 4. The standard InChI is InChI=1S/C29H31BrCl2IN3O2/c30-21-4-2-20(3-5-21)25-15-19(18-36-11-13-38-14-12-36)1-7-23(25)29(37)35-28(24-9-10-34-17-26(24)32)27-8-6-22(31)16-33-27/h2-6,8-10,16-17,19,23,25,28H,1,7,11-15,18H2,(H,35,37)/t19?,23-,25+,28?/m1/s1. The van der Waals surface area contributed by atoms with Gasteiger partial charge in [0.25, 0.3) is 0 Å². The zero-order chi connectivity index (χ0) is 26.5. The predicted octanol–water partition coefficient (Wildman–Crippen LogP) is 6.98. The second-order valence-corrected chi connectivity index (χ2v) is 14.3. The summed E-state index contributed by atoms with van der Waals surface area (Å²) >= 11 is 15.9. The lowest BCUT2D eigenvalue weighted by atomic mass is 9.70. The summed E-state index contributed by atoms with van der Waals surface area (Å²) in [5.74, 6) is 0.703. The number of pyridine rings is 1. The van der Waals surface area contributed by atoms with E-state index in [2.05, 4.69) is 59.5 Å². The minimum atomic E-state index is -0.477. The number of allylic oxidation sites excluding steroid dienone is 2. The lowest BCUT2D eigenvalue weighted by Crippen LogP contribution is -2.44. The Bertz CT molecular complexity index is 1230. The van der Waals surface area contributed by atoms with Gasteiger partial charge < -0.3 is 10.1 Å². The van der Waals surface area contributed by atoms with Crippen LogP contribution in [0.25, 0.3) is 0 Å². The van der Waals surface area contributed by atoms with E-state index >= 15 is 0 Å². The molecule has 1 aromatic carbocycles. The minimum absolute atomic E-state index is 0.0891. The summed E-state index contributed by atoms with van der Waals surface area (Å²) in [4.78, 5) is 20.7. The summed E-state index contributed by atoms with van der Waals surface area (Å²) in [6.45, 7) is 4.67. The number of nitrogens with one attached hydrogen (secondary N) is 1. The summed E-state index contributed by atoms with van der Waals surface area (Å²) in [6, 6.07) is 10.1. The third kappa shape index (κ3) is 7.15. The molecule has 38 heavy (non-hydrogen) atoms. The van der Waals surface area contributed by atoms with Crippen molar-refractivity contribution >= 4 is 69.3 Å². The highest BCUT2D eigenvalue weighted by molar-refractivity contribution is 14.2. The highest BCUT2D eigenvalue weighted by atomic mass is 127. The molecule has 2 fully saturated rings. The van der Waals surface area contributed by atoms with E-state index in [9.17, 15) is 4.79 Å². The fourth-order valence-electron chi connectivity index (χ4n) is 5.64. The van der Waals surface area contributed by atoms with E-state index in [4.69, 9.17) is 27.9 Å². The van der Waals surface area contributed by atoms with Crippen LogP contribution in [0.1, 0.15) is 42.3 Å². The SMILES string of the molecule is O=C(NC(C1=IC=C(Cl)C=C1)c1ccncc1Cl)[C@@H]1CCC(CN2CCOCC2)C[C@H]1c1ccc(Br)cc1. The quantitative estimate of drug-likeness (QED) is 0.313. The normalized spacial score (nSPS) is 25.1. The van der Waals surface area contributed by atoms with Crippen molar-refractivity contribution in [3.05, 3.63) is 84.6 Å². The molecule has 5 rings (SSSR count). The van der Waals surface area contributed by atoms with Crippen molar-refractivity contribution in [2.45, 2.75) is 31.2 Å². The Kier molecular flexibility index (Phi) is 10.1. The van der Waals surface area contributed by atoms with Gasteiger partial charge in [-0.3, -0.25) is 14.7 Å². The molecule has 2 aromatic rings. The summed E-state index contributed by atoms with van der Waals surface area (Å²) in [6.07, 6.45) is 10.2. The molecule has 3 aliphatic rings. The van der Waals surface area contributed by atoms with Crippen LogP contribution in [0.5, 0.6) is 0 Å². The molecule has 1 saturated heterocycles. The van der Waals surface area contributed by atoms with Gasteiger partial charge >= 0.3 is 0 Å². The molecule has 1 saturated carbocycles. The Labute approximate surface area is 252 Å². The maximum absolute atomic E-state index is 14.1. The fraction of sp³-hybridized carbons (Fsp3) is 0.414. The number of nitrogens with zero attached hydrogens (tertiary/aromatic N) is 2.